The first-order chi connectivity index (χ1) is 23.6. The van der Waals surface area contributed by atoms with Crippen LogP contribution in [0.15, 0.2) is 0 Å². The van der Waals surface area contributed by atoms with Gasteiger partial charge in [0.05, 0.1) is 17.6 Å². The molecular formula is C37H48O14. The number of Topliss-reactive ketones (excluding diaryl/α,β-unsaturated/α-hetero) is 1. The van der Waals surface area contributed by atoms with Crippen LogP contribution in [-0.4, -0.2) is 94.9 Å². The van der Waals surface area contributed by atoms with E-state index in [0.717, 1.165) is 0 Å². The van der Waals surface area contributed by atoms with Crippen LogP contribution < -0.4 is 0 Å². The van der Waals surface area contributed by atoms with E-state index in [4.69, 9.17) is 33.2 Å². The Bertz CT molecular complexity index is 1660. The Morgan fingerprint density at radius 1 is 0.765 bits per heavy atom. The fourth-order valence-corrected chi connectivity index (χ4v) is 13.9. The zero-order valence-corrected chi connectivity index (χ0v) is 30.6. The second kappa shape index (κ2) is 10.3. The Morgan fingerprint density at radius 3 is 1.96 bits per heavy atom. The van der Waals surface area contributed by atoms with E-state index >= 15 is 0 Å². The van der Waals surface area contributed by atoms with Crippen LogP contribution >= 0.6 is 0 Å². The number of rotatable bonds is 4. The number of hydrogen-bond acceptors (Lipinski definition) is 14. The molecule has 5 aliphatic carbocycles. The molecule has 0 radical (unpaired) electrons. The van der Waals surface area contributed by atoms with Gasteiger partial charge in [-0.25, -0.2) is 4.79 Å². The fourth-order valence-electron chi connectivity index (χ4n) is 13.9. The van der Waals surface area contributed by atoms with Gasteiger partial charge in [0.15, 0.2) is 11.9 Å². The third-order valence-corrected chi connectivity index (χ3v) is 15.4. The van der Waals surface area contributed by atoms with Gasteiger partial charge in [-0.3, -0.25) is 24.0 Å². The minimum absolute atomic E-state index is 0.318. The summed E-state index contributed by atoms with van der Waals surface area (Å²) in [6.45, 7) is 16.0. The van der Waals surface area contributed by atoms with E-state index in [1.165, 1.54) is 34.6 Å². The minimum atomic E-state index is -1.87. The van der Waals surface area contributed by atoms with Crippen molar-refractivity contribution in [3.8, 4) is 0 Å². The molecule has 14 nitrogen and oxygen atoms in total. The van der Waals surface area contributed by atoms with Crippen LogP contribution in [0.25, 0.3) is 0 Å². The molecule has 280 valence electrons. The van der Waals surface area contributed by atoms with E-state index in [1.807, 2.05) is 27.7 Å². The maximum absolute atomic E-state index is 14.9. The highest BCUT2D eigenvalue weighted by atomic mass is 16.8. The number of esters is 5. The molecule has 5 saturated carbocycles. The molecule has 20 atom stereocenters. The maximum Gasteiger partial charge on any atom is 0.353 e. The number of ether oxygens (including phenoxy) is 7. The number of fused-ring (bicyclic) bond motifs is 9. The Labute approximate surface area is 295 Å². The van der Waals surface area contributed by atoms with E-state index < -0.39 is 136 Å². The Balaban J connectivity index is 1.37. The van der Waals surface area contributed by atoms with Gasteiger partial charge in [0.25, 0.3) is 5.79 Å². The molecule has 0 bridgehead atoms. The highest BCUT2D eigenvalue weighted by Crippen LogP contribution is 2.81. The van der Waals surface area contributed by atoms with Crippen LogP contribution in [0.2, 0.25) is 0 Å². The first-order valence-electron chi connectivity index (χ1n) is 18.1. The highest BCUT2D eigenvalue weighted by Gasteiger charge is 2.94. The summed E-state index contributed by atoms with van der Waals surface area (Å²) >= 11 is 0. The van der Waals surface area contributed by atoms with Crippen molar-refractivity contribution >= 4 is 35.6 Å². The second-order valence-corrected chi connectivity index (χ2v) is 17.5. The van der Waals surface area contributed by atoms with Gasteiger partial charge < -0.3 is 38.3 Å². The monoisotopic (exact) mass is 716 g/mol. The normalized spacial score (nSPS) is 56.6. The summed E-state index contributed by atoms with van der Waals surface area (Å²) in [7, 11) is 0. The third kappa shape index (κ3) is 3.89. The van der Waals surface area contributed by atoms with E-state index in [1.54, 1.807) is 6.92 Å². The van der Waals surface area contributed by atoms with Crippen molar-refractivity contribution in [3.05, 3.63) is 0 Å². The van der Waals surface area contributed by atoms with Crippen molar-refractivity contribution in [1.82, 2.24) is 0 Å². The molecule has 0 aromatic carbocycles. The standard InChI is InChI=1S/C37H48O14/c1-12-21-20(28(45-14(3)38)25(42)18-11-19-27(48-19)31(33(18,21)7)47-16(5)40)23-26(43)24-22(34(23,8)29(12)46-15(4)39)13(2)30-37(50-30)35(24,9)36(10,32(44)51-37)49-17(6)41/h12-13,18-24,26-31,43H,11H2,1-10H3/t12-,13-,18+,19-,20+,21-,22-,23+,24-,26+,27-,28+,29-,30+,31-,33-,34+,35-,36+,37-/m0/s1. The van der Waals surface area contributed by atoms with Crippen LogP contribution in [0.3, 0.4) is 0 Å². The fraction of sp³-hybridized carbons (Fsp3) is 0.838. The lowest BCUT2D eigenvalue weighted by molar-refractivity contribution is -0.255. The van der Waals surface area contributed by atoms with Gasteiger partial charge in [0.1, 0.15) is 24.4 Å². The first-order valence-corrected chi connectivity index (χ1v) is 18.1. The topological polar surface area (TPSA) is 194 Å². The molecule has 0 unspecified atom stereocenters. The summed E-state index contributed by atoms with van der Waals surface area (Å²) < 4.78 is 42.6. The van der Waals surface area contributed by atoms with Gasteiger partial charge in [0.2, 0.25) is 5.60 Å². The summed E-state index contributed by atoms with van der Waals surface area (Å²) in [5.74, 6) is -10.4. The predicted octanol–water partition coefficient (Wildman–Crippen LogP) is 1.90. The lowest BCUT2D eigenvalue weighted by Gasteiger charge is -2.66. The number of aliphatic hydroxyl groups excluding tert-OH is 1. The number of aliphatic hydroxyl groups is 1. The van der Waals surface area contributed by atoms with Crippen molar-refractivity contribution in [2.75, 3.05) is 0 Å². The summed E-state index contributed by atoms with van der Waals surface area (Å²) in [6.07, 6.45) is -5.39. The molecule has 1 N–H and O–H groups in total. The molecule has 3 saturated heterocycles. The van der Waals surface area contributed by atoms with Crippen molar-refractivity contribution < 1.29 is 67.0 Å². The minimum Gasteiger partial charge on any atom is -0.462 e. The number of carbonyl (C=O) groups is 6. The third-order valence-electron chi connectivity index (χ3n) is 15.4. The van der Waals surface area contributed by atoms with E-state index in [0.29, 0.717) is 6.42 Å². The number of ketones is 1. The van der Waals surface area contributed by atoms with Gasteiger partial charge in [-0.2, -0.15) is 0 Å². The number of carbonyl (C=O) groups excluding carboxylic acids is 6. The molecule has 3 heterocycles. The SMILES string of the molecule is CC(=O)O[C@H]1C(=O)[C@H]2C[C@@H]3O[C@@H]3[C@H](OC(C)=O)[C@]2(C)[C@H]2[C@H](C)[C@H](OC(C)=O)[C@@]3(C)[C@@H]([C@@H](O)[C@@H]4[C@@H]3[C@H](C)[C@H]3O[C@]35OC(=O)[C@@](C)(OC(C)=O)[C@]45C)[C@@H]21. The molecule has 51 heavy (non-hydrogen) atoms. The molecule has 0 aromatic heterocycles. The van der Waals surface area contributed by atoms with Crippen molar-refractivity contribution in [2.45, 2.75) is 130 Å². The zero-order chi connectivity index (χ0) is 37.3. The zero-order valence-electron chi connectivity index (χ0n) is 30.6. The van der Waals surface area contributed by atoms with Crippen LogP contribution in [0.4, 0.5) is 0 Å². The molecule has 3 aliphatic heterocycles. The van der Waals surface area contributed by atoms with E-state index in [2.05, 4.69) is 0 Å². The summed E-state index contributed by atoms with van der Waals surface area (Å²) in [5, 5.41) is 13.1. The summed E-state index contributed by atoms with van der Waals surface area (Å²) in [5.41, 5.74) is -5.49. The molecule has 1 spiro atoms. The van der Waals surface area contributed by atoms with Crippen LogP contribution in [-0.2, 0) is 61.9 Å². The smallest absolute Gasteiger partial charge is 0.353 e. The van der Waals surface area contributed by atoms with Gasteiger partial charge in [-0.05, 0) is 43.9 Å². The van der Waals surface area contributed by atoms with Gasteiger partial charge in [-0.15, -0.1) is 0 Å². The average Bonchev–Trinajstić information content (AvgIpc) is 3.91. The van der Waals surface area contributed by atoms with Crippen molar-refractivity contribution in [3.63, 3.8) is 0 Å². The van der Waals surface area contributed by atoms with Crippen LogP contribution in [0.5, 0.6) is 0 Å². The van der Waals surface area contributed by atoms with Gasteiger partial charge >= 0.3 is 29.8 Å². The van der Waals surface area contributed by atoms with Crippen molar-refractivity contribution in [2.24, 2.45) is 63.6 Å². The van der Waals surface area contributed by atoms with Gasteiger partial charge in [-0.1, -0.05) is 27.7 Å². The molecule has 0 aromatic rings. The average molecular weight is 717 g/mol. The van der Waals surface area contributed by atoms with E-state index in [-0.39, 0.29) is 17.8 Å². The van der Waals surface area contributed by atoms with E-state index in [9.17, 15) is 33.9 Å². The Kier molecular flexibility index (Phi) is 7.07. The highest BCUT2D eigenvalue weighted by molar-refractivity contribution is 5.90. The van der Waals surface area contributed by atoms with Crippen LogP contribution in [0, 0.1) is 63.6 Å². The molecule has 8 rings (SSSR count). The summed E-state index contributed by atoms with van der Waals surface area (Å²) in [4.78, 5) is 79.9. The lowest BCUT2D eigenvalue weighted by atomic mass is 9.39. The quantitative estimate of drug-likeness (QED) is 0.252. The molecule has 8 fully saturated rings. The molecule has 0 amide bonds. The molecular weight excluding hydrogens is 668 g/mol. The maximum atomic E-state index is 14.9. The Hall–Kier alpha value is -3.10. The largest absolute Gasteiger partial charge is 0.462 e. The predicted molar refractivity (Wildman–Crippen MR) is 168 cm³/mol. The van der Waals surface area contributed by atoms with Crippen LogP contribution in [0.1, 0.15) is 75.7 Å². The lowest BCUT2D eigenvalue weighted by Crippen LogP contribution is -2.72. The summed E-state index contributed by atoms with van der Waals surface area (Å²) in [6, 6.07) is 0. The van der Waals surface area contributed by atoms with Crippen molar-refractivity contribution in [1.29, 1.82) is 0 Å². The Morgan fingerprint density at radius 2 is 1.37 bits per heavy atom. The first kappa shape index (κ1) is 35.0. The second-order valence-electron chi connectivity index (χ2n) is 17.5. The molecule has 8 aliphatic rings. The molecule has 14 heteroatoms. The van der Waals surface area contributed by atoms with Gasteiger partial charge in [0, 0.05) is 62.2 Å². The number of hydrogen-bond donors (Lipinski definition) is 1. The number of epoxide rings is 2.